The number of carbonyl (C=O) groups is 4. The van der Waals surface area contributed by atoms with E-state index in [9.17, 15) is 29.4 Å². The number of benzene rings is 1. The van der Waals surface area contributed by atoms with Crippen molar-refractivity contribution < 1.29 is 34.5 Å². The molecule has 3 N–H and O–H groups in total. The van der Waals surface area contributed by atoms with E-state index in [0.717, 1.165) is 11.8 Å². The number of thioether (sulfide) groups is 1. The van der Waals surface area contributed by atoms with E-state index in [1.807, 2.05) is 0 Å². The van der Waals surface area contributed by atoms with E-state index in [-0.39, 0.29) is 26.8 Å². The molecule has 0 spiro atoms. The Morgan fingerprint density at radius 2 is 1.87 bits per heavy atom. The lowest BCUT2D eigenvalue weighted by Crippen LogP contribution is -2.31. The summed E-state index contributed by atoms with van der Waals surface area (Å²) in [5.41, 5.74) is 0.501. The van der Waals surface area contributed by atoms with Crippen molar-refractivity contribution in [1.82, 2.24) is 9.78 Å². The second-order valence-corrected chi connectivity index (χ2v) is 8.45. The number of aliphatic carboxylic acids is 2. The van der Waals surface area contributed by atoms with Crippen LogP contribution in [0.4, 0.5) is 0 Å². The first-order valence-electron chi connectivity index (χ1n) is 8.99. The molecule has 1 aliphatic rings. The Morgan fingerprint density at radius 3 is 2.45 bits per heavy atom. The lowest BCUT2D eigenvalue weighted by molar-refractivity contribution is -0.145. The molecule has 0 bridgehead atoms. The largest absolute Gasteiger partial charge is 0.481 e. The first-order chi connectivity index (χ1) is 14.7. The number of aromatic nitrogens is 2. The van der Waals surface area contributed by atoms with Crippen LogP contribution >= 0.6 is 24.0 Å². The predicted molar refractivity (Wildman–Crippen MR) is 115 cm³/mol. The van der Waals surface area contributed by atoms with Gasteiger partial charge >= 0.3 is 17.9 Å². The highest BCUT2D eigenvalue weighted by atomic mass is 32.2. The number of Topliss-reactive ketones (excluding diaryl/α,β-unsaturated/α-hetero) is 1. The van der Waals surface area contributed by atoms with Gasteiger partial charge in [0.25, 0.3) is 0 Å². The molecule has 1 aromatic heterocycles. The molecular weight excluding hydrogens is 444 g/mol. The van der Waals surface area contributed by atoms with Crippen LogP contribution in [0.15, 0.2) is 41.4 Å². The van der Waals surface area contributed by atoms with E-state index >= 15 is 0 Å². The molecule has 1 fully saturated rings. The van der Waals surface area contributed by atoms with E-state index < -0.39 is 41.9 Å². The number of ketones is 1. The van der Waals surface area contributed by atoms with Crippen molar-refractivity contribution in [3.63, 3.8) is 0 Å². The molecule has 0 aliphatic carbocycles. The average molecular weight is 460 g/mol. The highest BCUT2D eigenvalue weighted by Crippen LogP contribution is 2.41. The molecule has 1 saturated heterocycles. The summed E-state index contributed by atoms with van der Waals surface area (Å²) < 4.78 is 1.48. The molecule has 3 rings (SSSR count). The molecule has 0 radical (unpaired) electrons. The number of carboxylic acids is 3. The number of para-hydroxylation sites is 1. The quantitative estimate of drug-likeness (QED) is 0.397. The number of aromatic carboxylic acids is 1. The third-order valence-corrected chi connectivity index (χ3v) is 6.13. The first-order valence-corrected chi connectivity index (χ1v) is 10.2. The first kappa shape index (κ1) is 22.4. The van der Waals surface area contributed by atoms with Crippen LogP contribution in [0.1, 0.15) is 28.9 Å². The van der Waals surface area contributed by atoms with Crippen LogP contribution in [0.2, 0.25) is 0 Å². The number of nitrogens with zero attached hydrogens (tertiary/aromatic N) is 2. The Hall–Kier alpha value is -3.31. The molecular formula is C20H16N2O7S2. The summed E-state index contributed by atoms with van der Waals surface area (Å²) in [6, 6.07) is 8.79. The summed E-state index contributed by atoms with van der Waals surface area (Å²) in [5, 5.41) is 31.9. The van der Waals surface area contributed by atoms with Crippen molar-refractivity contribution in [2.24, 2.45) is 11.8 Å². The normalized spacial score (nSPS) is 18.3. The molecule has 160 valence electrons. The highest BCUT2D eigenvalue weighted by molar-refractivity contribution is 8.27. The summed E-state index contributed by atoms with van der Waals surface area (Å²) in [6.45, 7) is 0. The monoisotopic (exact) mass is 460 g/mol. The SMILES string of the molecule is O=C(O)CC[C@H](C(=O)O)[C@H]1C(=O)/C(=C/c2cn(-c3ccccc3)nc2C(=O)O)SC1=S. The lowest BCUT2D eigenvalue weighted by Gasteiger charge is -2.16. The van der Waals surface area contributed by atoms with Crippen LogP contribution < -0.4 is 0 Å². The maximum absolute atomic E-state index is 12.9. The summed E-state index contributed by atoms with van der Waals surface area (Å²) in [7, 11) is 0. The summed E-state index contributed by atoms with van der Waals surface area (Å²) in [6.07, 6.45) is 2.11. The van der Waals surface area contributed by atoms with Gasteiger partial charge in [-0.25, -0.2) is 9.48 Å². The summed E-state index contributed by atoms with van der Waals surface area (Å²) in [5.74, 6) is -6.80. The Kier molecular flexibility index (Phi) is 6.66. The molecule has 11 heteroatoms. The van der Waals surface area contributed by atoms with Gasteiger partial charge in [-0.05, 0) is 24.6 Å². The third-order valence-electron chi connectivity index (χ3n) is 4.63. The molecule has 0 unspecified atom stereocenters. The maximum atomic E-state index is 12.9. The van der Waals surface area contributed by atoms with E-state index in [1.165, 1.54) is 17.0 Å². The summed E-state index contributed by atoms with van der Waals surface area (Å²) in [4.78, 5) is 47.1. The van der Waals surface area contributed by atoms with Crippen molar-refractivity contribution in [3.8, 4) is 5.69 Å². The minimum Gasteiger partial charge on any atom is -0.481 e. The smallest absolute Gasteiger partial charge is 0.357 e. The van der Waals surface area contributed by atoms with Crippen LogP contribution in [0, 0.1) is 11.8 Å². The average Bonchev–Trinajstić information content (AvgIpc) is 3.25. The van der Waals surface area contributed by atoms with E-state index in [1.54, 1.807) is 30.3 Å². The Balaban J connectivity index is 1.95. The number of carboxylic acid groups (broad SMARTS) is 3. The van der Waals surface area contributed by atoms with Gasteiger partial charge in [0.15, 0.2) is 11.5 Å². The van der Waals surface area contributed by atoms with Crippen molar-refractivity contribution in [2.75, 3.05) is 0 Å². The van der Waals surface area contributed by atoms with Crippen molar-refractivity contribution in [2.45, 2.75) is 12.8 Å². The molecule has 0 saturated carbocycles. The fourth-order valence-electron chi connectivity index (χ4n) is 3.16. The number of hydrogen-bond donors (Lipinski definition) is 3. The molecule has 1 aliphatic heterocycles. The fraction of sp³-hybridized carbons (Fsp3) is 0.200. The van der Waals surface area contributed by atoms with Crippen LogP contribution in [0.3, 0.4) is 0 Å². The van der Waals surface area contributed by atoms with Crippen molar-refractivity contribution >= 4 is 57.9 Å². The minimum absolute atomic E-state index is 0.0895. The molecule has 2 atom stereocenters. The van der Waals surface area contributed by atoms with Gasteiger partial charge in [0.1, 0.15) is 0 Å². The number of carbonyl (C=O) groups excluding carboxylic acids is 1. The molecule has 9 nitrogen and oxygen atoms in total. The molecule has 1 aromatic carbocycles. The van der Waals surface area contributed by atoms with Crippen LogP contribution in [-0.2, 0) is 14.4 Å². The predicted octanol–water partition coefficient (Wildman–Crippen LogP) is 2.74. The van der Waals surface area contributed by atoms with Gasteiger partial charge in [-0.1, -0.05) is 42.2 Å². The third kappa shape index (κ3) is 4.89. The zero-order valence-corrected chi connectivity index (χ0v) is 17.4. The molecule has 31 heavy (non-hydrogen) atoms. The van der Waals surface area contributed by atoms with Gasteiger partial charge in [0.2, 0.25) is 0 Å². The molecule has 2 aromatic rings. The van der Waals surface area contributed by atoms with Crippen molar-refractivity contribution in [3.05, 3.63) is 52.7 Å². The topological polar surface area (TPSA) is 147 Å². The number of rotatable bonds is 8. The van der Waals surface area contributed by atoms with E-state index in [2.05, 4.69) is 5.10 Å². The van der Waals surface area contributed by atoms with Gasteiger partial charge < -0.3 is 15.3 Å². The van der Waals surface area contributed by atoms with Crippen molar-refractivity contribution in [1.29, 1.82) is 0 Å². The van der Waals surface area contributed by atoms with Gasteiger partial charge in [-0.3, -0.25) is 14.4 Å². The van der Waals surface area contributed by atoms with Gasteiger partial charge in [-0.2, -0.15) is 5.10 Å². The number of hydrogen-bond acceptors (Lipinski definition) is 7. The zero-order chi connectivity index (χ0) is 22.7. The maximum Gasteiger partial charge on any atom is 0.357 e. The van der Waals surface area contributed by atoms with Crippen LogP contribution in [0.5, 0.6) is 0 Å². The number of thiocarbonyl (C=S) groups is 1. The second-order valence-electron chi connectivity index (χ2n) is 6.67. The van der Waals surface area contributed by atoms with E-state index in [0.29, 0.717) is 5.69 Å². The Labute approximate surface area is 185 Å². The lowest BCUT2D eigenvalue weighted by atomic mass is 9.86. The minimum atomic E-state index is -1.31. The van der Waals surface area contributed by atoms with Crippen LogP contribution in [0.25, 0.3) is 11.8 Å². The number of allylic oxidation sites excluding steroid dienone is 1. The van der Waals surface area contributed by atoms with Gasteiger partial charge in [0.05, 0.1) is 26.6 Å². The highest BCUT2D eigenvalue weighted by Gasteiger charge is 2.44. The fourth-order valence-corrected chi connectivity index (χ4v) is 4.72. The Bertz CT molecular complexity index is 1110. The molecule has 0 amide bonds. The zero-order valence-electron chi connectivity index (χ0n) is 15.8. The van der Waals surface area contributed by atoms with E-state index in [4.69, 9.17) is 17.3 Å². The van der Waals surface area contributed by atoms with Crippen LogP contribution in [-0.4, -0.2) is 53.0 Å². The summed E-state index contributed by atoms with van der Waals surface area (Å²) >= 11 is 6.09. The Morgan fingerprint density at radius 1 is 1.19 bits per heavy atom. The standard InChI is InChI=1S/C20H16N2O7S2/c23-14(24)7-6-12(18(26)27)15-17(25)13(31-20(15)30)8-10-9-22(21-16(10)19(28)29)11-4-2-1-3-5-11/h1-5,8-9,12,15H,6-7H2,(H,23,24)(H,26,27)(H,28,29)/b13-8-/t12-,15-/m0/s1. The second kappa shape index (κ2) is 9.23. The van der Waals surface area contributed by atoms with Gasteiger partial charge in [-0.15, -0.1) is 0 Å². The molecule has 2 heterocycles. The van der Waals surface area contributed by atoms with Gasteiger partial charge in [0, 0.05) is 18.2 Å².